The van der Waals surface area contributed by atoms with E-state index in [1.807, 2.05) is 18.2 Å². The van der Waals surface area contributed by atoms with Crippen molar-refractivity contribution in [2.24, 2.45) is 5.73 Å². The summed E-state index contributed by atoms with van der Waals surface area (Å²) in [6, 6.07) is 12.1. The largest absolute Gasteiger partial charge is 0.454 e. The average Bonchev–Trinajstić information content (AvgIpc) is 2.44. The molecule has 0 aromatic heterocycles. The molecule has 0 amide bonds. The SMILES string of the molecule is CCC(N)Cc1ccc(Oc2ccccc2F)cc1Br. The van der Waals surface area contributed by atoms with Crippen LogP contribution in [-0.2, 0) is 6.42 Å². The lowest BCUT2D eigenvalue weighted by Gasteiger charge is -2.12. The molecule has 0 aliphatic rings. The van der Waals surface area contributed by atoms with Crippen molar-refractivity contribution in [3.05, 3.63) is 58.3 Å². The second-order valence-electron chi connectivity index (χ2n) is 4.66. The summed E-state index contributed by atoms with van der Waals surface area (Å²) < 4.78 is 20.0. The molecular weight excluding hydrogens is 321 g/mol. The maximum atomic E-state index is 13.5. The standard InChI is InChI=1S/C16H17BrFNO/c1-2-12(19)9-11-7-8-13(10-14(11)17)20-16-6-4-3-5-15(16)18/h3-8,10,12H,2,9,19H2,1H3. The smallest absolute Gasteiger partial charge is 0.165 e. The quantitative estimate of drug-likeness (QED) is 0.861. The zero-order valence-electron chi connectivity index (χ0n) is 11.3. The fraction of sp³-hybridized carbons (Fsp3) is 0.250. The molecule has 0 saturated heterocycles. The van der Waals surface area contributed by atoms with Gasteiger partial charge in [0, 0.05) is 10.5 Å². The third kappa shape index (κ3) is 3.81. The first kappa shape index (κ1) is 15.0. The van der Waals surface area contributed by atoms with Crippen LogP contribution in [0, 0.1) is 5.82 Å². The van der Waals surface area contributed by atoms with Crippen LogP contribution in [0.15, 0.2) is 46.9 Å². The summed E-state index contributed by atoms with van der Waals surface area (Å²) in [6.07, 6.45) is 1.73. The third-order valence-electron chi connectivity index (χ3n) is 3.10. The van der Waals surface area contributed by atoms with Crippen LogP contribution in [0.1, 0.15) is 18.9 Å². The number of nitrogens with two attached hydrogens (primary N) is 1. The van der Waals surface area contributed by atoms with Crippen LogP contribution in [0.2, 0.25) is 0 Å². The molecule has 2 aromatic carbocycles. The molecule has 0 heterocycles. The molecule has 2 aromatic rings. The van der Waals surface area contributed by atoms with Crippen LogP contribution >= 0.6 is 15.9 Å². The summed E-state index contributed by atoms with van der Waals surface area (Å²) in [7, 11) is 0. The van der Waals surface area contributed by atoms with E-state index < -0.39 is 0 Å². The first-order valence-corrected chi connectivity index (χ1v) is 7.36. The van der Waals surface area contributed by atoms with Crippen LogP contribution in [0.25, 0.3) is 0 Å². The summed E-state index contributed by atoms with van der Waals surface area (Å²) in [4.78, 5) is 0. The van der Waals surface area contributed by atoms with Gasteiger partial charge in [-0.05, 0) is 42.7 Å². The molecule has 0 aliphatic carbocycles. The molecule has 1 unspecified atom stereocenters. The molecule has 0 radical (unpaired) electrons. The average molecular weight is 338 g/mol. The Morgan fingerprint density at radius 1 is 1.25 bits per heavy atom. The monoisotopic (exact) mass is 337 g/mol. The van der Waals surface area contributed by atoms with E-state index in [0.717, 1.165) is 22.9 Å². The highest BCUT2D eigenvalue weighted by molar-refractivity contribution is 9.10. The fourth-order valence-electron chi connectivity index (χ4n) is 1.84. The van der Waals surface area contributed by atoms with Gasteiger partial charge in [0.15, 0.2) is 11.6 Å². The second kappa shape index (κ2) is 6.86. The normalized spacial score (nSPS) is 12.2. The lowest BCUT2D eigenvalue weighted by molar-refractivity contribution is 0.442. The number of para-hydroxylation sites is 1. The van der Waals surface area contributed by atoms with E-state index in [4.69, 9.17) is 10.5 Å². The van der Waals surface area contributed by atoms with Crippen LogP contribution in [-0.4, -0.2) is 6.04 Å². The van der Waals surface area contributed by atoms with Crippen molar-refractivity contribution in [1.29, 1.82) is 0 Å². The number of benzene rings is 2. The molecule has 106 valence electrons. The van der Waals surface area contributed by atoms with Crippen molar-refractivity contribution in [3.8, 4) is 11.5 Å². The lowest BCUT2D eigenvalue weighted by atomic mass is 10.0. The summed E-state index contributed by atoms with van der Waals surface area (Å²) in [6.45, 7) is 2.06. The van der Waals surface area contributed by atoms with Crippen LogP contribution in [0.5, 0.6) is 11.5 Å². The Hall–Kier alpha value is -1.39. The molecule has 0 spiro atoms. The fourth-order valence-corrected chi connectivity index (χ4v) is 2.36. The first-order valence-electron chi connectivity index (χ1n) is 6.56. The van der Waals surface area contributed by atoms with Gasteiger partial charge in [-0.25, -0.2) is 4.39 Å². The van der Waals surface area contributed by atoms with Crippen molar-refractivity contribution in [2.45, 2.75) is 25.8 Å². The van der Waals surface area contributed by atoms with Gasteiger partial charge in [0.25, 0.3) is 0 Å². The van der Waals surface area contributed by atoms with Crippen molar-refractivity contribution >= 4 is 15.9 Å². The van der Waals surface area contributed by atoms with Crippen LogP contribution in [0.4, 0.5) is 4.39 Å². The minimum atomic E-state index is -0.374. The predicted molar refractivity (Wildman–Crippen MR) is 82.6 cm³/mol. The summed E-state index contributed by atoms with van der Waals surface area (Å²) in [5.74, 6) is 0.439. The minimum absolute atomic E-state index is 0.143. The van der Waals surface area contributed by atoms with Crippen LogP contribution < -0.4 is 10.5 Å². The van der Waals surface area contributed by atoms with Gasteiger partial charge in [-0.15, -0.1) is 0 Å². The van der Waals surface area contributed by atoms with E-state index >= 15 is 0 Å². The predicted octanol–water partition coefficient (Wildman–Crippen LogP) is 4.66. The van der Waals surface area contributed by atoms with E-state index in [0.29, 0.717) is 5.75 Å². The lowest BCUT2D eigenvalue weighted by Crippen LogP contribution is -2.21. The van der Waals surface area contributed by atoms with Gasteiger partial charge in [0.2, 0.25) is 0 Å². The Bertz CT molecular complexity index is 588. The van der Waals surface area contributed by atoms with E-state index in [2.05, 4.69) is 22.9 Å². The van der Waals surface area contributed by atoms with Gasteiger partial charge in [-0.2, -0.15) is 0 Å². The third-order valence-corrected chi connectivity index (χ3v) is 3.83. The molecule has 0 fully saturated rings. The highest BCUT2D eigenvalue weighted by atomic mass is 79.9. The Morgan fingerprint density at radius 2 is 2.00 bits per heavy atom. The molecular formula is C16H17BrFNO. The maximum Gasteiger partial charge on any atom is 0.165 e. The summed E-state index contributed by atoms with van der Waals surface area (Å²) >= 11 is 3.51. The molecule has 2 N–H and O–H groups in total. The van der Waals surface area contributed by atoms with Gasteiger partial charge in [0.1, 0.15) is 5.75 Å². The number of halogens is 2. The Kier molecular flexibility index (Phi) is 5.15. The number of rotatable bonds is 5. The number of hydrogen-bond donors (Lipinski definition) is 1. The van der Waals surface area contributed by atoms with Crippen LogP contribution in [0.3, 0.4) is 0 Å². The van der Waals surface area contributed by atoms with E-state index in [1.165, 1.54) is 6.07 Å². The minimum Gasteiger partial charge on any atom is -0.454 e. The molecule has 1 atom stereocenters. The molecule has 0 aliphatic heterocycles. The molecule has 2 rings (SSSR count). The molecule has 4 heteroatoms. The zero-order chi connectivity index (χ0) is 14.5. The van der Waals surface area contributed by atoms with Crippen molar-refractivity contribution in [1.82, 2.24) is 0 Å². The molecule has 0 bridgehead atoms. The van der Waals surface area contributed by atoms with E-state index in [1.54, 1.807) is 18.2 Å². The van der Waals surface area contributed by atoms with Gasteiger partial charge in [0.05, 0.1) is 0 Å². The zero-order valence-corrected chi connectivity index (χ0v) is 12.9. The van der Waals surface area contributed by atoms with Crippen molar-refractivity contribution in [2.75, 3.05) is 0 Å². The molecule has 0 saturated carbocycles. The highest BCUT2D eigenvalue weighted by Gasteiger charge is 2.08. The van der Waals surface area contributed by atoms with Gasteiger partial charge < -0.3 is 10.5 Å². The van der Waals surface area contributed by atoms with Gasteiger partial charge >= 0.3 is 0 Å². The topological polar surface area (TPSA) is 35.2 Å². The summed E-state index contributed by atoms with van der Waals surface area (Å²) in [5, 5.41) is 0. The number of hydrogen-bond acceptors (Lipinski definition) is 2. The van der Waals surface area contributed by atoms with Gasteiger partial charge in [-0.3, -0.25) is 0 Å². The maximum absolute atomic E-state index is 13.5. The Labute approximate surface area is 126 Å². The molecule has 20 heavy (non-hydrogen) atoms. The first-order chi connectivity index (χ1) is 9.60. The number of ether oxygens (including phenoxy) is 1. The second-order valence-corrected chi connectivity index (χ2v) is 5.51. The Morgan fingerprint density at radius 3 is 2.65 bits per heavy atom. The summed E-state index contributed by atoms with van der Waals surface area (Å²) in [5.41, 5.74) is 7.08. The van der Waals surface area contributed by atoms with Crippen molar-refractivity contribution < 1.29 is 9.13 Å². The molecule has 2 nitrogen and oxygen atoms in total. The van der Waals surface area contributed by atoms with Gasteiger partial charge in [-0.1, -0.05) is 41.1 Å². The Balaban J connectivity index is 2.15. The van der Waals surface area contributed by atoms with E-state index in [9.17, 15) is 4.39 Å². The van der Waals surface area contributed by atoms with Crippen molar-refractivity contribution in [3.63, 3.8) is 0 Å². The van der Waals surface area contributed by atoms with E-state index in [-0.39, 0.29) is 17.6 Å². The highest BCUT2D eigenvalue weighted by Crippen LogP contribution is 2.29.